The van der Waals surface area contributed by atoms with Crippen LogP contribution in [0.15, 0.2) is 24.3 Å². The first kappa shape index (κ1) is 14.5. The number of para-hydroxylation sites is 1. The molecule has 0 bridgehead atoms. The maximum atomic E-state index is 12.7. The summed E-state index contributed by atoms with van der Waals surface area (Å²) in [5, 5.41) is 0. The number of carbonyl (C=O) groups excluding carboxylic acids is 1. The van der Waals surface area contributed by atoms with E-state index in [0.29, 0.717) is 19.6 Å². The van der Waals surface area contributed by atoms with Crippen molar-refractivity contribution in [1.82, 2.24) is 4.31 Å². The van der Waals surface area contributed by atoms with Crippen molar-refractivity contribution in [2.24, 2.45) is 5.92 Å². The quantitative estimate of drug-likeness (QED) is 0.826. The van der Waals surface area contributed by atoms with Crippen LogP contribution in [0.25, 0.3) is 0 Å². The predicted molar refractivity (Wildman–Crippen MR) is 81.6 cm³/mol. The average Bonchev–Trinajstić information content (AvgIpc) is 2.90. The molecular formula is C15H20N2O3S. The maximum Gasteiger partial charge on any atom is 0.231 e. The second-order valence-corrected chi connectivity index (χ2v) is 7.81. The number of piperidine rings is 1. The van der Waals surface area contributed by atoms with Gasteiger partial charge in [-0.05, 0) is 30.9 Å². The first-order chi connectivity index (χ1) is 9.97. The largest absolute Gasteiger partial charge is 0.312 e. The van der Waals surface area contributed by atoms with E-state index >= 15 is 0 Å². The summed E-state index contributed by atoms with van der Waals surface area (Å²) in [6.07, 6.45) is 3.61. The van der Waals surface area contributed by atoms with Gasteiger partial charge in [0.2, 0.25) is 15.9 Å². The Morgan fingerprint density at radius 1 is 1.24 bits per heavy atom. The van der Waals surface area contributed by atoms with Crippen LogP contribution in [-0.2, 0) is 21.2 Å². The summed E-state index contributed by atoms with van der Waals surface area (Å²) in [6.45, 7) is 1.54. The molecule has 114 valence electrons. The zero-order valence-electron chi connectivity index (χ0n) is 12.2. The minimum Gasteiger partial charge on any atom is -0.312 e. The number of hydrogen-bond donors (Lipinski definition) is 0. The summed E-state index contributed by atoms with van der Waals surface area (Å²) >= 11 is 0. The Labute approximate surface area is 125 Å². The van der Waals surface area contributed by atoms with Crippen molar-refractivity contribution < 1.29 is 13.2 Å². The van der Waals surface area contributed by atoms with Crippen molar-refractivity contribution in [3.8, 4) is 0 Å². The first-order valence-corrected chi connectivity index (χ1v) is 9.16. The highest BCUT2D eigenvalue weighted by molar-refractivity contribution is 7.88. The van der Waals surface area contributed by atoms with E-state index in [9.17, 15) is 13.2 Å². The van der Waals surface area contributed by atoms with Crippen LogP contribution < -0.4 is 4.90 Å². The lowest BCUT2D eigenvalue weighted by molar-refractivity contribution is -0.123. The third-order valence-electron chi connectivity index (χ3n) is 4.36. The molecule has 21 heavy (non-hydrogen) atoms. The maximum absolute atomic E-state index is 12.7. The molecule has 2 aliphatic rings. The Morgan fingerprint density at radius 3 is 2.76 bits per heavy atom. The molecule has 0 spiro atoms. The van der Waals surface area contributed by atoms with E-state index in [4.69, 9.17) is 0 Å². The minimum atomic E-state index is -3.21. The summed E-state index contributed by atoms with van der Waals surface area (Å²) in [6, 6.07) is 7.94. The number of fused-ring (bicyclic) bond motifs is 1. The van der Waals surface area contributed by atoms with Gasteiger partial charge in [0.05, 0.1) is 12.2 Å². The van der Waals surface area contributed by atoms with Gasteiger partial charge in [-0.3, -0.25) is 4.79 Å². The first-order valence-electron chi connectivity index (χ1n) is 7.31. The van der Waals surface area contributed by atoms with Crippen LogP contribution in [0.3, 0.4) is 0 Å². The molecule has 0 radical (unpaired) electrons. The molecule has 0 aliphatic carbocycles. The monoisotopic (exact) mass is 308 g/mol. The lowest BCUT2D eigenvalue weighted by Crippen LogP contribution is -2.46. The molecule has 2 aliphatic heterocycles. The van der Waals surface area contributed by atoms with Gasteiger partial charge in [0, 0.05) is 25.3 Å². The van der Waals surface area contributed by atoms with Gasteiger partial charge in [-0.25, -0.2) is 12.7 Å². The van der Waals surface area contributed by atoms with Crippen molar-refractivity contribution >= 4 is 21.6 Å². The number of carbonyl (C=O) groups is 1. The summed E-state index contributed by atoms with van der Waals surface area (Å²) in [5.41, 5.74) is 2.18. The van der Waals surface area contributed by atoms with E-state index in [-0.39, 0.29) is 11.8 Å². The molecule has 1 amide bonds. The Hall–Kier alpha value is -1.40. The molecule has 6 heteroatoms. The number of anilines is 1. The molecule has 1 aromatic carbocycles. The zero-order valence-corrected chi connectivity index (χ0v) is 13.0. The second-order valence-electron chi connectivity index (χ2n) is 5.83. The van der Waals surface area contributed by atoms with Gasteiger partial charge >= 0.3 is 0 Å². The molecule has 3 rings (SSSR count). The summed E-state index contributed by atoms with van der Waals surface area (Å²) in [4.78, 5) is 14.6. The molecule has 1 saturated heterocycles. The molecule has 1 fully saturated rings. The lowest BCUT2D eigenvalue weighted by atomic mass is 9.98. The van der Waals surface area contributed by atoms with Crippen LogP contribution in [-0.4, -0.2) is 44.5 Å². The van der Waals surface area contributed by atoms with Crippen LogP contribution in [0.1, 0.15) is 18.4 Å². The standard InChI is InChI=1S/C15H20N2O3S/c1-21(19,20)16-9-4-6-13(11-16)15(18)17-10-8-12-5-2-3-7-14(12)17/h2-3,5,7,13H,4,6,8-11H2,1H3/t13-/m0/s1. The van der Waals surface area contributed by atoms with Crippen molar-refractivity contribution in [3.05, 3.63) is 29.8 Å². The lowest BCUT2D eigenvalue weighted by Gasteiger charge is -2.32. The highest BCUT2D eigenvalue weighted by Crippen LogP contribution is 2.30. The fourth-order valence-corrected chi connectivity index (χ4v) is 4.14. The van der Waals surface area contributed by atoms with Crippen LogP contribution in [0.5, 0.6) is 0 Å². The number of hydrogen-bond acceptors (Lipinski definition) is 3. The fraction of sp³-hybridized carbons (Fsp3) is 0.533. The van der Waals surface area contributed by atoms with Gasteiger partial charge in [-0.15, -0.1) is 0 Å². The van der Waals surface area contributed by atoms with Gasteiger partial charge in [0.25, 0.3) is 0 Å². The van der Waals surface area contributed by atoms with Crippen LogP contribution >= 0.6 is 0 Å². The Kier molecular flexibility index (Phi) is 3.75. The Morgan fingerprint density at radius 2 is 2.00 bits per heavy atom. The smallest absolute Gasteiger partial charge is 0.231 e. The molecule has 2 heterocycles. The van der Waals surface area contributed by atoms with Gasteiger partial charge in [0.15, 0.2) is 0 Å². The second kappa shape index (κ2) is 5.42. The minimum absolute atomic E-state index is 0.0632. The molecule has 0 saturated carbocycles. The predicted octanol–water partition coefficient (Wildman–Crippen LogP) is 1.25. The SMILES string of the molecule is CS(=O)(=O)N1CCC[C@H](C(=O)N2CCc3ccccc32)C1. The van der Waals surface area contributed by atoms with E-state index in [1.165, 1.54) is 16.1 Å². The zero-order chi connectivity index (χ0) is 15.0. The number of benzene rings is 1. The van der Waals surface area contributed by atoms with Crippen molar-refractivity contribution in [3.63, 3.8) is 0 Å². The average molecular weight is 308 g/mol. The molecule has 0 N–H and O–H groups in total. The van der Waals surface area contributed by atoms with Crippen LogP contribution in [0.4, 0.5) is 5.69 Å². The fourth-order valence-electron chi connectivity index (χ4n) is 3.23. The molecule has 1 atom stereocenters. The molecular weight excluding hydrogens is 288 g/mol. The Bertz CT molecular complexity index is 657. The third-order valence-corrected chi connectivity index (χ3v) is 5.63. The van der Waals surface area contributed by atoms with Gasteiger partial charge < -0.3 is 4.90 Å². The van der Waals surface area contributed by atoms with Gasteiger partial charge in [-0.2, -0.15) is 0 Å². The highest BCUT2D eigenvalue weighted by Gasteiger charge is 2.34. The van der Waals surface area contributed by atoms with Crippen LogP contribution in [0.2, 0.25) is 0 Å². The number of amides is 1. The molecule has 0 aromatic heterocycles. The number of sulfonamides is 1. The summed E-state index contributed by atoms with van der Waals surface area (Å²) in [7, 11) is -3.21. The molecule has 1 aromatic rings. The van der Waals surface area contributed by atoms with E-state index in [2.05, 4.69) is 0 Å². The number of nitrogens with zero attached hydrogens (tertiary/aromatic N) is 2. The van der Waals surface area contributed by atoms with Gasteiger partial charge in [-0.1, -0.05) is 18.2 Å². The van der Waals surface area contributed by atoms with Crippen LogP contribution in [0, 0.1) is 5.92 Å². The number of rotatable bonds is 2. The Balaban J connectivity index is 1.77. The van der Waals surface area contributed by atoms with Crippen molar-refractivity contribution in [2.75, 3.05) is 30.8 Å². The van der Waals surface area contributed by atoms with E-state index in [1.54, 1.807) is 0 Å². The van der Waals surface area contributed by atoms with E-state index in [0.717, 1.165) is 24.9 Å². The van der Waals surface area contributed by atoms with Crippen molar-refractivity contribution in [1.29, 1.82) is 0 Å². The van der Waals surface area contributed by atoms with E-state index in [1.807, 2.05) is 29.2 Å². The summed E-state index contributed by atoms with van der Waals surface area (Å²) in [5.74, 6) is -0.159. The van der Waals surface area contributed by atoms with E-state index < -0.39 is 10.0 Å². The molecule has 5 nitrogen and oxygen atoms in total. The van der Waals surface area contributed by atoms with Crippen molar-refractivity contribution in [2.45, 2.75) is 19.3 Å². The third kappa shape index (κ3) is 2.82. The summed E-state index contributed by atoms with van der Waals surface area (Å²) < 4.78 is 24.8. The molecule has 0 unspecified atom stereocenters. The topological polar surface area (TPSA) is 57.7 Å². The van der Waals surface area contributed by atoms with Gasteiger partial charge in [0.1, 0.15) is 0 Å². The normalized spacial score (nSPS) is 23.1. The highest BCUT2D eigenvalue weighted by atomic mass is 32.2.